The van der Waals surface area contributed by atoms with Gasteiger partial charge >= 0.3 is 0 Å². The maximum atomic E-state index is 13.7. The van der Waals surface area contributed by atoms with E-state index in [1.54, 1.807) is 18.4 Å². The SMILES string of the molecule is COc1ccc(Br)c(C=c2sc3n(c2=O)C(c2cccs2)C2=C(N=3)c3ccccc3CC2)c1. The number of thiazole rings is 1. The first-order valence-electron chi connectivity index (χ1n) is 10.6. The van der Waals surface area contributed by atoms with Gasteiger partial charge in [0.25, 0.3) is 5.56 Å². The molecule has 33 heavy (non-hydrogen) atoms. The molecule has 2 aliphatic rings. The third kappa shape index (κ3) is 3.46. The van der Waals surface area contributed by atoms with E-state index in [4.69, 9.17) is 9.73 Å². The number of fused-ring (bicyclic) bond motifs is 3. The number of ether oxygens (including phenoxy) is 1. The number of nitrogens with zero attached hydrogens (tertiary/aromatic N) is 2. The lowest BCUT2D eigenvalue weighted by molar-refractivity contribution is 0.414. The number of methoxy groups -OCH3 is 1. The Labute approximate surface area is 207 Å². The van der Waals surface area contributed by atoms with E-state index in [2.05, 4.69) is 57.7 Å². The van der Waals surface area contributed by atoms with Crippen LogP contribution in [-0.4, -0.2) is 11.7 Å². The Hall–Kier alpha value is -2.74. The minimum Gasteiger partial charge on any atom is -0.497 e. The van der Waals surface area contributed by atoms with Gasteiger partial charge in [0, 0.05) is 14.9 Å². The van der Waals surface area contributed by atoms with E-state index in [-0.39, 0.29) is 11.6 Å². The minimum atomic E-state index is -0.111. The van der Waals surface area contributed by atoms with Crippen molar-refractivity contribution in [3.8, 4) is 5.75 Å². The monoisotopic (exact) mass is 534 g/mol. The largest absolute Gasteiger partial charge is 0.497 e. The summed E-state index contributed by atoms with van der Waals surface area (Å²) in [5.74, 6) is 0.751. The van der Waals surface area contributed by atoms with Crippen molar-refractivity contribution in [3.63, 3.8) is 0 Å². The molecule has 0 saturated heterocycles. The summed E-state index contributed by atoms with van der Waals surface area (Å²) in [4.78, 5) is 20.7. The first kappa shape index (κ1) is 20.8. The second-order valence-corrected chi connectivity index (χ2v) is 10.9. The highest BCUT2D eigenvalue weighted by molar-refractivity contribution is 9.10. The number of halogens is 1. The van der Waals surface area contributed by atoms with Crippen molar-refractivity contribution in [2.45, 2.75) is 18.9 Å². The Morgan fingerprint density at radius 2 is 2.03 bits per heavy atom. The van der Waals surface area contributed by atoms with Crippen molar-refractivity contribution in [1.29, 1.82) is 0 Å². The lowest BCUT2D eigenvalue weighted by Crippen LogP contribution is -2.38. The van der Waals surface area contributed by atoms with Crippen LogP contribution in [0.2, 0.25) is 0 Å². The fraction of sp³-hybridized carbons (Fsp3) is 0.154. The van der Waals surface area contributed by atoms with Crippen molar-refractivity contribution in [3.05, 3.63) is 111 Å². The molecule has 3 heterocycles. The van der Waals surface area contributed by atoms with Crippen LogP contribution in [0.4, 0.5) is 0 Å². The molecule has 0 N–H and O–H groups in total. The van der Waals surface area contributed by atoms with Gasteiger partial charge in [0.15, 0.2) is 4.80 Å². The highest BCUT2D eigenvalue weighted by atomic mass is 79.9. The second kappa shape index (κ2) is 8.24. The number of aryl methyl sites for hydroxylation is 1. The average molecular weight is 535 g/mol. The van der Waals surface area contributed by atoms with Crippen molar-refractivity contribution in [2.24, 2.45) is 4.99 Å². The van der Waals surface area contributed by atoms with Gasteiger partial charge in [-0.05, 0) is 65.3 Å². The molecule has 0 saturated carbocycles. The third-order valence-corrected chi connectivity index (χ3v) is 8.81. The number of thiophene rings is 1. The summed E-state index contributed by atoms with van der Waals surface area (Å²) in [5.41, 5.74) is 5.68. The van der Waals surface area contributed by atoms with Crippen LogP contribution in [0.25, 0.3) is 11.8 Å². The normalized spacial score (nSPS) is 17.3. The van der Waals surface area contributed by atoms with Gasteiger partial charge < -0.3 is 4.74 Å². The molecule has 0 amide bonds. The average Bonchev–Trinajstić information content (AvgIpc) is 3.48. The Morgan fingerprint density at radius 3 is 2.85 bits per heavy atom. The molecular formula is C26H19BrN2O2S2. The summed E-state index contributed by atoms with van der Waals surface area (Å²) >= 11 is 6.75. The number of aromatic nitrogens is 1. The molecule has 1 unspecified atom stereocenters. The molecule has 0 bridgehead atoms. The molecule has 1 atom stereocenters. The zero-order chi connectivity index (χ0) is 22.5. The van der Waals surface area contributed by atoms with Gasteiger partial charge in [0.05, 0.1) is 23.4 Å². The first-order valence-corrected chi connectivity index (χ1v) is 13.1. The van der Waals surface area contributed by atoms with E-state index in [9.17, 15) is 4.79 Å². The van der Waals surface area contributed by atoms with Crippen LogP contribution >= 0.6 is 38.6 Å². The standard InChI is InChI=1S/C26H19BrN2O2S2/c1-31-17-9-11-20(27)16(13-17)14-22-25(30)29-24(21-7-4-12-32-21)19-10-8-15-5-2-3-6-18(15)23(19)28-26(29)33-22/h2-7,9,11-14,24H,8,10H2,1H3. The number of rotatable bonds is 3. The summed E-state index contributed by atoms with van der Waals surface area (Å²) < 4.78 is 8.85. The van der Waals surface area contributed by atoms with E-state index < -0.39 is 0 Å². The summed E-state index contributed by atoms with van der Waals surface area (Å²) in [7, 11) is 1.64. The molecule has 4 nitrogen and oxygen atoms in total. The number of hydrogen-bond acceptors (Lipinski definition) is 5. The Morgan fingerprint density at radius 1 is 1.15 bits per heavy atom. The fourth-order valence-electron chi connectivity index (χ4n) is 4.62. The summed E-state index contributed by atoms with van der Waals surface area (Å²) in [6.07, 6.45) is 3.80. The molecule has 7 heteroatoms. The van der Waals surface area contributed by atoms with Gasteiger partial charge in [-0.25, -0.2) is 4.99 Å². The van der Waals surface area contributed by atoms with Crippen LogP contribution < -0.4 is 19.6 Å². The molecule has 6 rings (SSSR count). The molecule has 0 spiro atoms. The van der Waals surface area contributed by atoms with E-state index >= 15 is 0 Å². The minimum absolute atomic E-state index is 0.00252. The van der Waals surface area contributed by atoms with Gasteiger partial charge in [-0.2, -0.15) is 0 Å². The zero-order valence-corrected chi connectivity index (χ0v) is 21.0. The third-order valence-electron chi connectivity index (χ3n) is 6.18. The summed E-state index contributed by atoms with van der Waals surface area (Å²) in [6, 6.07) is 18.3. The zero-order valence-electron chi connectivity index (χ0n) is 17.7. The number of allylic oxidation sites excluding steroid dienone is 1. The highest BCUT2D eigenvalue weighted by Gasteiger charge is 2.32. The molecule has 1 aliphatic carbocycles. The van der Waals surface area contributed by atoms with E-state index in [0.29, 0.717) is 4.53 Å². The van der Waals surface area contributed by atoms with E-state index in [1.807, 2.05) is 28.8 Å². The van der Waals surface area contributed by atoms with Gasteiger partial charge in [0.1, 0.15) is 5.75 Å². The predicted octanol–water partition coefficient (Wildman–Crippen LogP) is 5.15. The maximum absolute atomic E-state index is 13.7. The molecule has 1 aliphatic heterocycles. The topological polar surface area (TPSA) is 43.6 Å². The summed E-state index contributed by atoms with van der Waals surface area (Å²) in [6.45, 7) is 0. The molecule has 0 radical (unpaired) electrons. The second-order valence-electron chi connectivity index (χ2n) is 8.02. The van der Waals surface area contributed by atoms with Crippen molar-refractivity contribution < 1.29 is 4.74 Å². The highest BCUT2D eigenvalue weighted by Crippen LogP contribution is 2.42. The van der Waals surface area contributed by atoms with Crippen molar-refractivity contribution in [1.82, 2.24) is 4.57 Å². The maximum Gasteiger partial charge on any atom is 0.271 e. The Balaban J connectivity index is 1.61. The van der Waals surface area contributed by atoms with Gasteiger partial charge in [-0.1, -0.05) is 57.6 Å². The van der Waals surface area contributed by atoms with Crippen molar-refractivity contribution in [2.75, 3.05) is 7.11 Å². The first-order chi connectivity index (χ1) is 16.1. The van der Waals surface area contributed by atoms with Crippen LogP contribution in [0.15, 0.2) is 79.8 Å². The lowest BCUT2D eigenvalue weighted by Gasteiger charge is -2.30. The fourth-order valence-corrected chi connectivity index (χ4v) is 6.82. The molecule has 0 fully saturated rings. The Kier molecular flexibility index (Phi) is 5.20. The summed E-state index contributed by atoms with van der Waals surface area (Å²) in [5, 5.41) is 2.08. The molecule has 2 aromatic heterocycles. The molecule has 164 valence electrons. The smallest absolute Gasteiger partial charge is 0.271 e. The quantitative estimate of drug-likeness (QED) is 0.364. The van der Waals surface area contributed by atoms with E-state index in [1.165, 1.54) is 32.9 Å². The van der Waals surface area contributed by atoms with Crippen LogP contribution in [0, 0.1) is 0 Å². The van der Waals surface area contributed by atoms with Crippen LogP contribution in [0.1, 0.15) is 34.0 Å². The van der Waals surface area contributed by atoms with Crippen molar-refractivity contribution >= 4 is 50.4 Å². The van der Waals surface area contributed by atoms with Crippen LogP contribution in [0.3, 0.4) is 0 Å². The number of hydrogen-bond donors (Lipinski definition) is 0. The molecule has 2 aromatic carbocycles. The van der Waals surface area contributed by atoms with Gasteiger partial charge in [-0.15, -0.1) is 11.3 Å². The molecule has 4 aromatic rings. The Bertz CT molecular complexity index is 1600. The number of benzene rings is 2. The van der Waals surface area contributed by atoms with E-state index in [0.717, 1.165) is 39.1 Å². The predicted molar refractivity (Wildman–Crippen MR) is 138 cm³/mol. The lowest BCUT2D eigenvalue weighted by atomic mass is 9.85. The van der Waals surface area contributed by atoms with Crippen LogP contribution in [0.5, 0.6) is 5.75 Å². The van der Waals surface area contributed by atoms with Gasteiger partial charge in [0.2, 0.25) is 0 Å². The molecular weight excluding hydrogens is 516 g/mol. The van der Waals surface area contributed by atoms with Crippen LogP contribution in [-0.2, 0) is 6.42 Å². The van der Waals surface area contributed by atoms with Gasteiger partial charge in [-0.3, -0.25) is 9.36 Å².